The lowest BCUT2D eigenvalue weighted by Gasteiger charge is -2.31. The first kappa shape index (κ1) is 12.7. The van der Waals surface area contributed by atoms with Crippen LogP contribution in [-0.4, -0.2) is 39.5 Å². The van der Waals surface area contributed by atoms with Crippen molar-refractivity contribution in [3.63, 3.8) is 0 Å². The van der Waals surface area contributed by atoms with Gasteiger partial charge < -0.3 is 14.6 Å². The quantitative estimate of drug-likeness (QED) is 0.880. The summed E-state index contributed by atoms with van der Waals surface area (Å²) in [4.78, 5) is 24.6. The number of piperidine rings is 1. The SMILES string of the molecule is Cn1cccc1C(=O)N1CCC(CC(=O)O)CC1. The zero-order valence-corrected chi connectivity index (χ0v) is 10.5. The minimum Gasteiger partial charge on any atom is -0.481 e. The van der Waals surface area contributed by atoms with Gasteiger partial charge in [0.15, 0.2) is 0 Å². The number of aliphatic carboxylic acids is 1. The lowest BCUT2D eigenvalue weighted by molar-refractivity contribution is -0.138. The maximum atomic E-state index is 12.2. The molecule has 2 heterocycles. The second-order valence-corrected chi connectivity index (χ2v) is 4.84. The van der Waals surface area contributed by atoms with Gasteiger partial charge in [-0.05, 0) is 30.9 Å². The van der Waals surface area contributed by atoms with Gasteiger partial charge in [0.05, 0.1) is 0 Å². The van der Waals surface area contributed by atoms with Crippen LogP contribution in [0.4, 0.5) is 0 Å². The number of rotatable bonds is 3. The van der Waals surface area contributed by atoms with Crippen LogP contribution in [0, 0.1) is 5.92 Å². The molecule has 18 heavy (non-hydrogen) atoms. The second-order valence-electron chi connectivity index (χ2n) is 4.84. The summed E-state index contributed by atoms with van der Waals surface area (Å²) in [6, 6.07) is 3.66. The van der Waals surface area contributed by atoms with E-state index in [9.17, 15) is 9.59 Å². The van der Waals surface area contributed by atoms with E-state index < -0.39 is 5.97 Å². The van der Waals surface area contributed by atoms with Crippen LogP contribution in [0.15, 0.2) is 18.3 Å². The summed E-state index contributed by atoms with van der Waals surface area (Å²) >= 11 is 0. The minimum atomic E-state index is -0.748. The first-order valence-electron chi connectivity index (χ1n) is 6.20. The number of amides is 1. The van der Waals surface area contributed by atoms with Crippen molar-refractivity contribution in [3.05, 3.63) is 24.0 Å². The first-order chi connectivity index (χ1) is 8.58. The smallest absolute Gasteiger partial charge is 0.303 e. The van der Waals surface area contributed by atoms with Crippen LogP contribution in [0.2, 0.25) is 0 Å². The molecule has 0 unspecified atom stereocenters. The largest absolute Gasteiger partial charge is 0.481 e. The molecule has 5 heteroatoms. The molecule has 1 aliphatic rings. The highest BCUT2D eigenvalue weighted by atomic mass is 16.4. The Morgan fingerprint density at radius 1 is 1.39 bits per heavy atom. The standard InChI is InChI=1S/C13H18N2O3/c1-14-6-2-3-11(14)13(18)15-7-4-10(5-8-15)9-12(16)17/h2-3,6,10H,4-5,7-9H2,1H3,(H,16,17). The van der Waals surface area contributed by atoms with Gasteiger partial charge >= 0.3 is 5.97 Å². The molecule has 1 aliphatic heterocycles. The molecule has 0 aromatic carbocycles. The van der Waals surface area contributed by atoms with Crippen molar-refractivity contribution in [2.45, 2.75) is 19.3 Å². The molecule has 0 saturated carbocycles. The van der Waals surface area contributed by atoms with Gasteiger partial charge in [0.1, 0.15) is 5.69 Å². The highest BCUT2D eigenvalue weighted by molar-refractivity contribution is 5.92. The van der Waals surface area contributed by atoms with E-state index in [-0.39, 0.29) is 18.2 Å². The first-order valence-corrected chi connectivity index (χ1v) is 6.20. The second kappa shape index (κ2) is 5.25. The lowest BCUT2D eigenvalue weighted by Crippen LogP contribution is -2.39. The van der Waals surface area contributed by atoms with E-state index in [1.165, 1.54) is 0 Å². The van der Waals surface area contributed by atoms with Crippen molar-refractivity contribution >= 4 is 11.9 Å². The molecule has 5 nitrogen and oxygen atoms in total. The van der Waals surface area contributed by atoms with Gasteiger partial charge in [-0.25, -0.2) is 0 Å². The fourth-order valence-corrected chi connectivity index (χ4v) is 2.43. The predicted octanol–water partition coefficient (Wildman–Crippen LogP) is 1.35. The third-order valence-corrected chi connectivity index (χ3v) is 3.53. The average Bonchev–Trinajstić information content (AvgIpc) is 2.75. The number of aryl methyl sites for hydroxylation is 1. The zero-order chi connectivity index (χ0) is 13.1. The van der Waals surface area contributed by atoms with E-state index in [1.807, 2.05) is 34.8 Å². The van der Waals surface area contributed by atoms with Gasteiger partial charge in [0, 0.05) is 32.8 Å². The fraction of sp³-hybridized carbons (Fsp3) is 0.538. The van der Waals surface area contributed by atoms with Crippen molar-refractivity contribution in [3.8, 4) is 0 Å². The number of hydrogen-bond donors (Lipinski definition) is 1. The summed E-state index contributed by atoms with van der Waals surface area (Å²) in [7, 11) is 1.85. The molecule has 0 bridgehead atoms. The molecule has 1 aromatic rings. The summed E-state index contributed by atoms with van der Waals surface area (Å²) in [5.74, 6) is -0.501. The Balaban J connectivity index is 1.92. The number of carboxylic acid groups (broad SMARTS) is 1. The van der Waals surface area contributed by atoms with E-state index >= 15 is 0 Å². The Hall–Kier alpha value is -1.78. The third kappa shape index (κ3) is 2.72. The minimum absolute atomic E-state index is 0.0382. The van der Waals surface area contributed by atoms with Gasteiger partial charge in [-0.1, -0.05) is 0 Å². The number of hydrogen-bond acceptors (Lipinski definition) is 2. The Kier molecular flexibility index (Phi) is 3.69. The molecule has 1 saturated heterocycles. The fourth-order valence-electron chi connectivity index (χ4n) is 2.43. The predicted molar refractivity (Wildman–Crippen MR) is 66.3 cm³/mol. The van der Waals surface area contributed by atoms with Crippen molar-refractivity contribution in [1.29, 1.82) is 0 Å². The number of likely N-dealkylation sites (tertiary alicyclic amines) is 1. The number of aromatic nitrogens is 1. The van der Waals surface area contributed by atoms with Crippen LogP contribution in [0.25, 0.3) is 0 Å². The van der Waals surface area contributed by atoms with E-state index in [2.05, 4.69) is 0 Å². The number of carboxylic acids is 1. The van der Waals surface area contributed by atoms with E-state index in [0.717, 1.165) is 12.8 Å². The molecule has 1 fully saturated rings. The number of carbonyl (C=O) groups excluding carboxylic acids is 1. The monoisotopic (exact) mass is 250 g/mol. The van der Waals surface area contributed by atoms with Crippen molar-refractivity contribution in [2.24, 2.45) is 13.0 Å². The van der Waals surface area contributed by atoms with E-state index in [1.54, 1.807) is 0 Å². The highest BCUT2D eigenvalue weighted by Crippen LogP contribution is 2.21. The highest BCUT2D eigenvalue weighted by Gasteiger charge is 2.25. The molecular formula is C13H18N2O3. The van der Waals surface area contributed by atoms with Crippen LogP contribution >= 0.6 is 0 Å². The summed E-state index contributed by atoms with van der Waals surface area (Å²) in [6.07, 6.45) is 3.63. The van der Waals surface area contributed by atoms with Gasteiger partial charge in [-0.15, -0.1) is 0 Å². The maximum absolute atomic E-state index is 12.2. The molecule has 0 aliphatic carbocycles. The Morgan fingerprint density at radius 3 is 2.56 bits per heavy atom. The van der Waals surface area contributed by atoms with Crippen LogP contribution in [-0.2, 0) is 11.8 Å². The van der Waals surface area contributed by atoms with Crippen LogP contribution in [0.3, 0.4) is 0 Å². The summed E-state index contributed by atoms with van der Waals surface area (Å²) in [5, 5.41) is 8.74. The van der Waals surface area contributed by atoms with Crippen LogP contribution in [0.1, 0.15) is 29.8 Å². The molecule has 1 amide bonds. The van der Waals surface area contributed by atoms with Crippen LogP contribution < -0.4 is 0 Å². The topological polar surface area (TPSA) is 62.5 Å². The van der Waals surface area contributed by atoms with Crippen molar-refractivity contribution < 1.29 is 14.7 Å². The van der Waals surface area contributed by atoms with Gasteiger partial charge in [-0.3, -0.25) is 9.59 Å². The Bertz CT molecular complexity index is 445. The Labute approximate surface area is 106 Å². The molecule has 98 valence electrons. The summed E-state index contributed by atoms with van der Waals surface area (Å²) < 4.78 is 1.81. The molecule has 1 N–H and O–H groups in total. The molecule has 0 atom stereocenters. The molecular weight excluding hydrogens is 232 g/mol. The van der Waals surface area contributed by atoms with E-state index in [4.69, 9.17) is 5.11 Å². The maximum Gasteiger partial charge on any atom is 0.303 e. The van der Waals surface area contributed by atoms with Crippen LogP contribution in [0.5, 0.6) is 0 Å². The molecule has 1 aromatic heterocycles. The van der Waals surface area contributed by atoms with Crippen molar-refractivity contribution in [2.75, 3.05) is 13.1 Å². The third-order valence-electron chi connectivity index (χ3n) is 3.53. The average molecular weight is 250 g/mol. The van der Waals surface area contributed by atoms with Gasteiger partial charge in [0.2, 0.25) is 0 Å². The van der Waals surface area contributed by atoms with Gasteiger partial charge in [0.25, 0.3) is 5.91 Å². The normalized spacial score (nSPS) is 16.8. The number of nitrogens with zero attached hydrogens (tertiary/aromatic N) is 2. The Morgan fingerprint density at radius 2 is 2.06 bits per heavy atom. The molecule has 2 rings (SSSR count). The number of carbonyl (C=O) groups is 2. The zero-order valence-electron chi connectivity index (χ0n) is 10.5. The molecule has 0 spiro atoms. The van der Waals surface area contributed by atoms with Crippen molar-refractivity contribution in [1.82, 2.24) is 9.47 Å². The lowest BCUT2D eigenvalue weighted by atomic mass is 9.93. The van der Waals surface area contributed by atoms with Gasteiger partial charge in [-0.2, -0.15) is 0 Å². The summed E-state index contributed by atoms with van der Waals surface area (Å²) in [5.41, 5.74) is 0.687. The summed E-state index contributed by atoms with van der Waals surface area (Å²) in [6.45, 7) is 1.31. The van der Waals surface area contributed by atoms with E-state index in [0.29, 0.717) is 18.8 Å². The molecule has 0 radical (unpaired) electrons.